The normalized spacial score (nSPS) is 9.73. The van der Waals surface area contributed by atoms with Crippen LogP contribution in [0.25, 0.3) is 0 Å². The standard InChI is InChI=1S/C12H16O2S/c1-2-3-7-14-9-12-8-11(10-15-12)5-4-6-13/h8,10,13H,2-3,6-7,9H2,1H3. The molecule has 2 nitrogen and oxygen atoms in total. The van der Waals surface area contributed by atoms with Crippen LogP contribution in [0.2, 0.25) is 0 Å². The molecule has 0 radical (unpaired) electrons. The van der Waals surface area contributed by atoms with Gasteiger partial charge in [0.15, 0.2) is 0 Å². The summed E-state index contributed by atoms with van der Waals surface area (Å²) in [6, 6.07) is 2.01. The molecule has 0 aliphatic carbocycles. The van der Waals surface area contributed by atoms with Gasteiger partial charge in [-0.2, -0.15) is 0 Å². The molecule has 0 aliphatic rings. The van der Waals surface area contributed by atoms with Gasteiger partial charge in [-0.3, -0.25) is 0 Å². The van der Waals surface area contributed by atoms with E-state index in [1.54, 1.807) is 11.3 Å². The van der Waals surface area contributed by atoms with Crippen molar-refractivity contribution in [2.24, 2.45) is 0 Å². The van der Waals surface area contributed by atoms with Gasteiger partial charge < -0.3 is 9.84 Å². The van der Waals surface area contributed by atoms with Gasteiger partial charge in [-0.1, -0.05) is 25.2 Å². The molecule has 0 saturated carbocycles. The summed E-state index contributed by atoms with van der Waals surface area (Å²) < 4.78 is 5.49. The maximum Gasteiger partial charge on any atom is 0.104 e. The van der Waals surface area contributed by atoms with Crippen LogP contribution >= 0.6 is 11.3 Å². The zero-order valence-electron chi connectivity index (χ0n) is 8.95. The van der Waals surface area contributed by atoms with Crippen molar-refractivity contribution in [2.45, 2.75) is 26.4 Å². The van der Waals surface area contributed by atoms with Gasteiger partial charge in [-0.15, -0.1) is 11.3 Å². The van der Waals surface area contributed by atoms with E-state index >= 15 is 0 Å². The fourth-order valence-electron chi connectivity index (χ4n) is 1.08. The van der Waals surface area contributed by atoms with E-state index in [0.717, 1.165) is 25.0 Å². The molecule has 15 heavy (non-hydrogen) atoms. The van der Waals surface area contributed by atoms with Gasteiger partial charge in [0.2, 0.25) is 0 Å². The Balaban J connectivity index is 2.33. The first-order valence-corrected chi connectivity index (χ1v) is 5.99. The number of thiophene rings is 1. The molecule has 3 heteroatoms. The Morgan fingerprint density at radius 3 is 3.13 bits per heavy atom. The molecular weight excluding hydrogens is 208 g/mol. The van der Waals surface area contributed by atoms with Crippen molar-refractivity contribution < 1.29 is 9.84 Å². The van der Waals surface area contributed by atoms with E-state index in [9.17, 15) is 0 Å². The molecule has 1 aromatic heterocycles. The second-order valence-corrected chi connectivity index (χ2v) is 4.16. The predicted octanol–water partition coefficient (Wildman–Crippen LogP) is 2.41. The quantitative estimate of drug-likeness (QED) is 0.615. The Morgan fingerprint density at radius 1 is 1.53 bits per heavy atom. The zero-order valence-corrected chi connectivity index (χ0v) is 9.77. The number of aliphatic hydroxyl groups excluding tert-OH is 1. The molecule has 0 amide bonds. The summed E-state index contributed by atoms with van der Waals surface area (Å²) in [5.41, 5.74) is 0.961. The molecule has 1 heterocycles. The summed E-state index contributed by atoms with van der Waals surface area (Å²) in [6.45, 7) is 3.56. The molecule has 0 spiro atoms. The third-order valence-corrected chi connectivity index (χ3v) is 2.76. The molecule has 0 aliphatic heterocycles. The number of hydrogen-bond donors (Lipinski definition) is 1. The highest BCUT2D eigenvalue weighted by molar-refractivity contribution is 7.10. The first-order chi connectivity index (χ1) is 7.36. The van der Waals surface area contributed by atoms with E-state index in [0.29, 0.717) is 6.61 Å². The highest BCUT2D eigenvalue weighted by Crippen LogP contribution is 2.14. The molecule has 0 fully saturated rings. The van der Waals surface area contributed by atoms with Crippen LogP contribution in [0.3, 0.4) is 0 Å². The van der Waals surface area contributed by atoms with Gasteiger partial charge in [-0.25, -0.2) is 0 Å². The highest BCUT2D eigenvalue weighted by atomic mass is 32.1. The topological polar surface area (TPSA) is 29.5 Å². The first-order valence-electron chi connectivity index (χ1n) is 5.11. The average molecular weight is 224 g/mol. The molecule has 1 aromatic rings. The zero-order chi connectivity index (χ0) is 10.9. The first kappa shape index (κ1) is 12.3. The Kier molecular flexibility index (Phi) is 6.10. The van der Waals surface area contributed by atoms with Crippen LogP contribution in [0, 0.1) is 11.8 Å². The molecule has 0 aromatic carbocycles. The van der Waals surface area contributed by atoms with Crippen molar-refractivity contribution in [2.75, 3.05) is 13.2 Å². The lowest BCUT2D eigenvalue weighted by atomic mass is 10.3. The van der Waals surface area contributed by atoms with Crippen molar-refractivity contribution in [3.8, 4) is 11.8 Å². The van der Waals surface area contributed by atoms with Gasteiger partial charge in [0.25, 0.3) is 0 Å². The monoisotopic (exact) mass is 224 g/mol. The van der Waals surface area contributed by atoms with Crippen LogP contribution in [-0.4, -0.2) is 18.3 Å². The Hall–Kier alpha value is -0.820. The summed E-state index contributed by atoms with van der Waals surface area (Å²) in [5, 5.41) is 10.5. The van der Waals surface area contributed by atoms with Crippen LogP contribution < -0.4 is 0 Å². The fraction of sp³-hybridized carbons (Fsp3) is 0.500. The average Bonchev–Trinajstić information content (AvgIpc) is 2.69. The third-order valence-electron chi connectivity index (χ3n) is 1.85. The van der Waals surface area contributed by atoms with Gasteiger partial charge >= 0.3 is 0 Å². The maximum absolute atomic E-state index is 8.54. The largest absolute Gasteiger partial charge is 0.384 e. The maximum atomic E-state index is 8.54. The van der Waals surface area contributed by atoms with Crippen molar-refractivity contribution in [3.63, 3.8) is 0 Å². The summed E-state index contributed by atoms with van der Waals surface area (Å²) >= 11 is 1.65. The Labute approximate surface area is 94.9 Å². The van der Waals surface area contributed by atoms with Crippen molar-refractivity contribution in [1.82, 2.24) is 0 Å². The number of hydrogen-bond acceptors (Lipinski definition) is 3. The van der Waals surface area contributed by atoms with E-state index in [2.05, 4.69) is 18.8 Å². The van der Waals surface area contributed by atoms with Crippen LogP contribution in [0.5, 0.6) is 0 Å². The summed E-state index contributed by atoms with van der Waals surface area (Å²) in [6.07, 6.45) is 2.28. The van der Waals surface area contributed by atoms with E-state index < -0.39 is 0 Å². The smallest absolute Gasteiger partial charge is 0.104 e. The SMILES string of the molecule is CCCCOCc1cc(C#CCO)cs1. The molecule has 0 unspecified atom stereocenters. The number of rotatable bonds is 5. The van der Waals surface area contributed by atoms with Crippen LogP contribution in [0.1, 0.15) is 30.2 Å². The van der Waals surface area contributed by atoms with E-state index in [4.69, 9.17) is 9.84 Å². The van der Waals surface area contributed by atoms with Gasteiger partial charge in [0.1, 0.15) is 6.61 Å². The third kappa shape index (κ3) is 4.98. The number of aliphatic hydroxyl groups is 1. The predicted molar refractivity (Wildman–Crippen MR) is 62.8 cm³/mol. The summed E-state index contributed by atoms with van der Waals surface area (Å²) in [4.78, 5) is 1.19. The minimum absolute atomic E-state index is 0.0851. The van der Waals surface area contributed by atoms with Crippen LogP contribution in [-0.2, 0) is 11.3 Å². The molecule has 1 rings (SSSR count). The van der Waals surface area contributed by atoms with Gasteiger partial charge in [0.05, 0.1) is 6.61 Å². The van der Waals surface area contributed by atoms with E-state index in [1.807, 2.05) is 11.4 Å². The number of unbranched alkanes of at least 4 members (excludes halogenated alkanes) is 1. The van der Waals surface area contributed by atoms with Crippen LogP contribution in [0.15, 0.2) is 11.4 Å². The van der Waals surface area contributed by atoms with Gasteiger partial charge in [0, 0.05) is 22.4 Å². The minimum atomic E-state index is -0.0851. The molecule has 0 saturated heterocycles. The second kappa shape index (κ2) is 7.47. The molecule has 0 bridgehead atoms. The lowest BCUT2D eigenvalue weighted by Crippen LogP contribution is -1.92. The van der Waals surface area contributed by atoms with E-state index in [1.165, 1.54) is 4.88 Å². The van der Waals surface area contributed by atoms with E-state index in [-0.39, 0.29) is 6.61 Å². The minimum Gasteiger partial charge on any atom is -0.384 e. The second-order valence-electron chi connectivity index (χ2n) is 3.17. The van der Waals surface area contributed by atoms with Crippen molar-refractivity contribution in [1.29, 1.82) is 0 Å². The van der Waals surface area contributed by atoms with Crippen molar-refractivity contribution >= 4 is 11.3 Å². The Morgan fingerprint density at radius 2 is 2.40 bits per heavy atom. The molecule has 0 atom stereocenters. The van der Waals surface area contributed by atoms with Crippen LogP contribution in [0.4, 0.5) is 0 Å². The summed E-state index contributed by atoms with van der Waals surface area (Å²) in [7, 11) is 0. The molecule has 1 N–H and O–H groups in total. The fourth-order valence-corrected chi connectivity index (χ4v) is 1.83. The number of ether oxygens (including phenoxy) is 1. The highest BCUT2D eigenvalue weighted by Gasteiger charge is 1.97. The Bertz CT molecular complexity index is 333. The van der Waals surface area contributed by atoms with Gasteiger partial charge in [-0.05, 0) is 12.5 Å². The summed E-state index contributed by atoms with van der Waals surface area (Å²) in [5.74, 6) is 5.50. The van der Waals surface area contributed by atoms with Crippen molar-refractivity contribution in [3.05, 3.63) is 21.9 Å². The lowest BCUT2D eigenvalue weighted by molar-refractivity contribution is 0.120. The lowest BCUT2D eigenvalue weighted by Gasteiger charge is -1.99. The molecule has 82 valence electrons. The molecular formula is C12H16O2S.